The maximum atomic E-state index is 12.5. The molecule has 0 radical (unpaired) electrons. The maximum absolute atomic E-state index is 12.5. The SMILES string of the molecule is O=C(Nc1ccc([N+](=O)[O-])cc1)c1cccc(S(=O)(=O)Nc2cccnc2)c1. The molecule has 142 valence electrons. The van der Waals surface area contributed by atoms with E-state index < -0.39 is 20.9 Å². The largest absolute Gasteiger partial charge is 0.322 e. The van der Waals surface area contributed by atoms with Crippen LogP contribution in [0, 0.1) is 10.1 Å². The van der Waals surface area contributed by atoms with E-state index in [1.807, 2.05) is 0 Å². The second-order valence-electron chi connectivity index (χ2n) is 5.63. The molecule has 0 bridgehead atoms. The lowest BCUT2D eigenvalue weighted by Gasteiger charge is -2.09. The normalized spacial score (nSPS) is 10.9. The number of rotatable bonds is 6. The van der Waals surface area contributed by atoms with Gasteiger partial charge < -0.3 is 5.32 Å². The number of anilines is 2. The monoisotopic (exact) mass is 398 g/mol. The molecule has 1 amide bonds. The van der Waals surface area contributed by atoms with Crippen LogP contribution in [0.4, 0.5) is 17.1 Å². The average Bonchev–Trinajstić information content (AvgIpc) is 2.69. The number of nitrogens with one attached hydrogen (secondary N) is 2. The van der Waals surface area contributed by atoms with Gasteiger partial charge in [-0.15, -0.1) is 0 Å². The third-order valence-corrected chi connectivity index (χ3v) is 5.04. The van der Waals surface area contributed by atoms with Crippen LogP contribution in [0.2, 0.25) is 0 Å². The predicted octanol–water partition coefficient (Wildman–Crippen LogP) is 3.04. The van der Waals surface area contributed by atoms with Crippen molar-refractivity contribution in [3.05, 3.63) is 88.7 Å². The van der Waals surface area contributed by atoms with E-state index in [-0.39, 0.29) is 16.1 Å². The summed E-state index contributed by atoms with van der Waals surface area (Å²) in [6.07, 6.45) is 2.88. The number of nitrogens with zero attached hydrogens (tertiary/aromatic N) is 2. The predicted molar refractivity (Wildman–Crippen MR) is 103 cm³/mol. The van der Waals surface area contributed by atoms with Crippen LogP contribution in [0.25, 0.3) is 0 Å². The molecule has 0 aliphatic heterocycles. The van der Waals surface area contributed by atoms with Gasteiger partial charge >= 0.3 is 0 Å². The lowest BCUT2D eigenvalue weighted by atomic mass is 10.2. The highest BCUT2D eigenvalue weighted by atomic mass is 32.2. The second-order valence-corrected chi connectivity index (χ2v) is 7.32. The Morgan fingerprint density at radius 3 is 2.39 bits per heavy atom. The minimum Gasteiger partial charge on any atom is -0.322 e. The van der Waals surface area contributed by atoms with Crippen molar-refractivity contribution in [2.45, 2.75) is 4.90 Å². The van der Waals surface area contributed by atoms with Gasteiger partial charge in [0.15, 0.2) is 0 Å². The van der Waals surface area contributed by atoms with Gasteiger partial charge in [-0.3, -0.25) is 24.6 Å². The zero-order valence-corrected chi connectivity index (χ0v) is 15.1. The van der Waals surface area contributed by atoms with E-state index in [0.717, 1.165) is 0 Å². The van der Waals surface area contributed by atoms with Crippen molar-refractivity contribution in [1.29, 1.82) is 0 Å². The Bertz CT molecular complexity index is 1120. The number of amides is 1. The number of carbonyl (C=O) groups excluding carboxylic acids is 1. The van der Waals surface area contributed by atoms with Crippen molar-refractivity contribution in [1.82, 2.24) is 4.98 Å². The van der Waals surface area contributed by atoms with Crippen LogP contribution in [-0.4, -0.2) is 24.2 Å². The molecule has 1 heterocycles. The topological polar surface area (TPSA) is 131 Å². The molecule has 0 aliphatic rings. The summed E-state index contributed by atoms with van der Waals surface area (Å²) in [6, 6.07) is 13.9. The molecule has 2 N–H and O–H groups in total. The molecule has 0 saturated carbocycles. The first kappa shape index (κ1) is 19.0. The highest BCUT2D eigenvalue weighted by molar-refractivity contribution is 7.92. The highest BCUT2D eigenvalue weighted by Crippen LogP contribution is 2.19. The van der Waals surface area contributed by atoms with Crippen LogP contribution in [0.15, 0.2) is 78.0 Å². The summed E-state index contributed by atoms with van der Waals surface area (Å²) in [5.74, 6) is -0.549. The smallest absolute Gasteiger partial charge is 0.269 e. The number of non-ortho nitro benzene ring substituents is 1. The first-order valence-electron chi connectivity index (χ1n) is 7.94. The molecular formula is C18H14N4O5S. The van der Waals surface area contributed by atoms with E-state index in [1.54, 1.807) is 12.1 Å². The summed E-state index contributed by atoms with van der Waals surface area (Å²) in [5, 5.41) is 13.2. The van der Waals surface area contributed by atoms with Gasteiger partial charge in [0.2, 0.25) is 0 Å². The number of nitro benzene ring substituents is 1. The second kappa shape index (κ2) is 7.84. The van der Waals surface area contributed by atoms with Crippen LogP contribution in [0.3, 0.4) is 0 Å². The number of benzene rings is 2. The molecule has 2 aromatic carbocycles. The van der Waals surface area contributed by atoms with Gasteiger partial charge in [0.05, 0.1) is 21.7 Å². The van der Waals surface area contributed by atoms with Crippen molar-refractivity contribution in [2.24, 2.45) is 0 Å². The number of carbonyl (C=O) groups is 1. The van der Waals surface area contributed by atoms with E-state index in [1.165, 1.54) is 60.9 Å². The van der Waals surface area contributed by atoms with Crippen molar-refractivity contribution >= 4 is 33.0 Å². The maximum Gasteiger partial charge on any atom is 0.269 e. The zero-order chi connectivity index (χ0) is 20.1. The van der Waals surface area contributed by atoms with E-state index in [0.29, 0.717) is 11.4 Å². The fraction of sp³-hybridized carbons (Fsp3) is 0. The first-order valence-corrected chi connectivity index (χ1v) is 9.42. The third kappa shape index (κ3) is 4.48. The molecule has 3 rings (SSSR count). The van der Waals surface area contributed by atoms with Gasteiger partial charge in [-0.05, 0) is 42.5 Å². The quantitative estimate of drug-likeness (QED) is 0.485. The molecule has 3 aromatic rings. The van der Waals surface area contributed by atoms with Crippen molar-refractivity contribution < 1.29 is 18.1 Å². The molecule has 28 heavy (non-hydrogen) atoms. The molecule has 1 aromatic heterocycles. The molecule has 0 spiro atoms. The van der Waals surface area contributed by atoms with Crippen LogP contribution >= 0.6 is 0 Å². The number of hydrogen-bond donors (Lipinski definition) is 2. The first-order chi connectivity index (χ1) is 13.3. The Hall–Kier alpha value is -3.79. The van der Waals surface area contributed by atoms with E-state index in [2.05, 4.69) is 15.0 Å². The minimum absolute atomic E-state index is 0.0901. The van der Waals surface area contributed by atoms with Crippen LogP contribution in [-0.2, 0) is 10.0 Å². The number of hydrogen-bond acceptors (Lipinski definition) is 6. The summed E-state index contributed by atoms with van der Waals surface area (Å²) < 4.78 is 27.4. The third-order valence-electron chi connectivity index (χ3n) is 3.66. The summed E-state index contributed by atoms with van der Waals surface area (Å²) >= 11 is 0. The Morgan fingerprint density at radius 1 is 1.00 bits per heavy atom. The summed E-state index contributed by atoms with van der Waals surface area (Å²) in [4.78, 5) is 26.3. The number of pyridine rings is 1. The van der Waals surface area contributed by atoms with E-state index in [9.17, 15) is 23.3 Å². The van der Waals surface area contributed by atoms with Gasteiger partial charge in [0.1, 0.15) is 0 Å². The lowest BCUT2D eigenvalue weighted by molar-refractivity contribution is -0.384. The van der Waals surface area contributed by atoms with Gasteiger partial charge in [-0.2, -0.15) is 0 Å². The van der Waals surface area contributed by atoms with Gasteiger partial charge in [0, 0.05) is 29.6 Å². The van der Waals surface area contributed by atoms with Crippen molar-refractivity contribution in [3.8, 4) is 0 Å². The van der Waals surface area contributed by atoms with Gasteiger partial charge in [-0.1, -0.05) is 6.07 Å². The Labute approximate surface area is 160 Å². The van der Waals surface area contributed by atoms with Crippen LogP contribution in [0.5, 0.6) is 0 Å². The summed E-state index contributed by atoms with van der Waals surface area (Å²) in [7, 11) is -3.90. The molecule has 9 nitrogen and oxygen atoms in total. The highest BCUT2D eigenvalue weighted by Gasteiger charge is 2.17. The van der Waals surface area contributed by atoms with Crippen LogP contribution < -0.4 is 10.0 Å². The van der Waals surface area contributed by atoms with Gasteiger partial charge in [0.25, 0.3) is 21.6 Å². The molecule has 10 heteroatoms. The number of nitro groups is 1. The van der Waals surface area contributed by atoms with Crippen molar-refractivity contribution in [3.63, 3.8) is 0 Å². The lowest BCUT2D eigenvalue weighted by Crippen LogP contribution is -2.16. The van der Waals surface area contributed by atoms with Crippen LogP contribution in [0.1, 0.15) is 10.4 Å². The number of aromatic nitrogens is 1. The Kier molecular flexibility index (Phi) is 5.32. The Balaban J connectivity index is 1.78. The fourth-order valence-electron chi connectivity index (χ4n) is 2.31. The van der Waals surface area contributed by atoms with Gasteiger partial charge in [-0.25, -0.2) is 8.42 Å². The molecule has 0 aliphatic carbocycles. The Morgan fingerprint density at radius 2 is 1.75 bits per heavy atom. The minimum atomic E-state index is -3.90. The molecule has 0 fully saturated rings. The van der Waals surface area contributed by atoms with Crippen molar-refractivity contribution in [2.75, 3.05) is 10.0 Å². The summed E-state index contributed by atoms with van der Waals surface area (Å²) in [5.41, 5.74) is 0.653. The zero-order valence-electron chi connectivity index (χ0n) is 14.3. The fourth-order valence-corrected chi connectivity index (χ4v) is 3.40. The van der Waals surface area contributed by atoms with E-state index >= 15 is 0 Å². The standard InChI is InChI=1S/C18H14N4O5S/c23-18(20-14-6-8-16(9-7-14)22(24)25)13-3-1-5-17(11-13)28(26,27)21-15-4-2-10-19-12-15/h1-12,21H,(H,20,23). The average molecular weight is 398 g/mol. The number of sulfonamides is 1. The molecule has 0 unspecified atom stereocenters. The summed E-state index contributed by atoms with van der Waals surface area (Å²) in [6.45, 7) is 0. The van der Waals surface area contributed by atoms with E-state index in [4.69, 9.17) is 0 Å². The molecule has 0 atom stereocenters. The molecular weight excluding hydrogens is 384 g/mol. The molecule has 0 saturated heterocycles.